The lowest BCUT2D eigenvalue weighted by Crippen LogP contribution is -2.49. The highest BCUT2D eigenvalue weighted by Gasteiger charge is 2.48. The summed E-state index contributed by atoms with van der Waals surface area (Å²) in [5.74, 6) is -0.216. The summed E-state index contributed by atoms with van der Waals surface area (Å²) in [6.45, 7) is 6.92. The van der Waals surface area contributed by atoms with Crippen LogP contribution in [-0.4, -0.2) is 34.5 Å². The van der Waals surface area contributed by atoms with Gasteiger partial charge in [-0.05, 0) is 49.1 Å². The second kappa shape index (κ2) is 6.58. The van der Waals surface area contributed by atoms with E-state index in [-0.39, 0.29) is 17.9 Å². The molecule has 1 aliphatic heterocycles. The molecule has 4 heteroatoms. The average molecular weight is 329 g/mol. The van der Waals surface area contributed by atoms with Crippen LogP contribution in [0, 0.1) is 11.8 Å². The van der Waals surface area contributed by atoms with E-state index in [2.05, 4.69) is 38.1 Å². The third-order valence-corrected chi connectivity index (χ3v) is 5.73. The van der Waals surface area contributed by atoms with Crippen LogP contribution in [0.3, 0.4) is 0 Å². The van der Waals surface area contributed by atoms with Crippen LogP contribution in [0.5, 0.6) is 0 Å². The Bertz CT molecular complexity index is 622. The first-order valence-corrected chi connectivity index (χ1v) is 9.03. The molecule has 0 spiro atoms. The minimum Gasteiger partial charge on any atom is -0.481 e. The van der Waals surface area contributed by atoms with Gasteiger partial charge in [-0.15, -0.1) is 0 Å². The fourth-order valence-corrected chi connectivity index (χ4v) is 3.96. The molecular formula is C20H27NO3. The van der Waals surface area contributed by atoms with Gasteiger partial charge >= 0.3 is 5.97 Å². The Morgan fingerprint density at radius 2 is 1.83 bits per heavy atom. The molecule has 4 atom stereocenters. The van der Waals surface area contributed by atoms with Crippen LogP contribution < -0.4 is 0 Å². The highest BCUT2D eigenvalue weighted by molar-refractivity contribution is 5.84. The first-order valence-electron chi connectivity index (χ1n) is 9.03. The Kier molecular flexibility index (Phi) is 4.66. The number of hydrogen-bond acceptors (Lipinski definition) is 2. The Balaban J connectivity index is 1.66. The molecule has 2 fully saturated rings. The van der Waals surface area contributed by atoms with E-state index in [1.165, 1.54) is 11.1 Å². The van der Waals surface area contributed by atoms with Gasteiger partial charge in [-0.1, -0.05) is 38.1 Å². The lowest BCUT2D eigenvalue weighted by atomic mass is 9.90. The molecule has 1 aromatic carbocycles. The number of hydrogen-bond donors (Lipinski definition) is 1. The van der Waals surface area contributed by atoms with Gasteiger partial charge < -0.3 is 10.0 Å². The number of piperidine rings is 1. The molecule has 24 heavy (non-hydrogen) atoms. The van der Waals surface area contributed by atoms with Crippen molar-refractivity contribution in [3.63, 3.8) is 0 Å². The van der Waals surface area contributed by atoms with Gasteiger partial charge in [0.05, 0.1) is 5.92 Å². The van der Waals surface area contributed by atoms with Crippen molar-refractivity contribution in [3.05, 3.63) is 35.4 Å². The van der Waals surface area contributed by atoms with Crippen molar-refractivity contribution >= 4 is 11.9 Å². The van der Waals surface area contributed by atoms with Crippen molar-refractivity contribution in [1.82, 2.24) is 4.90 Å². The standard InChI is InChI=1S/C20H27NO3/c1-12(2)14-6-8-15(9-7-14)17-11-18(17)19(22)21-10-4-5-16(13(21)3)20(23)24/h6-9,12-13,16-18H,4-5,10-11H2,1-3H3,(H,23,24)/t13-,16-,17?,18?/m0/s1. The molecule has 1 N–H and O–H groups in total. The predicted molar refractivity (Wildman–Crippen MR) is 92.9 cm³/mol. The van der Waals surface area contributed by atoms with Crippen molar-refractivity contribution in [2.45, 2.75) is 57.9 Å². The van der Waals surface area contributed by atoms with E-state index in [0.29, 0.717) is 24.8 Å². The minimum absolute atomic E-state index is 0.0323. The molecule has 2 unspecified atom stereocenters. The summed E-state index contributed by atoms with van der Waals surface area (Å²) in [5.41, 5.74) is 2.55. The quantitative estimate of drug-likeness (QED) is 0.918. The van der Waals surface area contributed by atoms with E-state index in [0.717, 1.165) is 12.8 Å². The first kappa shape index (κ1) is 17.0. The molecule has 1 aromatic rings. The van der Waals surface area contributed by atoms with Crippen molar-refractivity contribution in [1.29, 1.82) is 0 Å². The highest BCUT2D eigenvalue weighted by atomic mass is 16.4. The van der Waals surface area contributed by atoms with Crippen molar-refractivity contribution in [2.75, 3.05) is 6.54 Å². The van der Waals surface area contributed by atoms with E-state index in [1.807, 2.05) is 11.8 Å². The summed E-state index contributed by atoms with van der Waals surface area (Å²) >= 11 is 0. The van der Waals surface area contributed by atoms with Gasteiger partial charge in [0.1, 0.15) is 0 Å². The van der Waals surface area contributed by atoms with Crippen molar-refractivity contribution in [2.24, 2.45) is 11.8 Å². The summed E-state index contributed by atoms with van der Waals surface area (Å²) in [6, 6.07) is 8.40. The number of carboxylic acids is 1. The maximum Gasteiger partial charge on any atom is 0.308 e. The van der Waals surface area contributed by atoms with Crippen LogP contribution in [-0.2, 0) is 9.59 Å². The molecule has 130 valence electrons. The van der Waals surface area contributed by atoms with Gasteiger partial charge in [-0.2, -0.15) is 0 Å². The predicted octanol–water partition coefficient (Wildman–Crippen LogP) is 3.63. The third-order valence-electron chi connectivity index (χ3n) is 5.73. The summed E-state index contributed by atoms with van der Waals surface area (Å²) in [4.78, 5) is 26.0. The van der Waals surface area contributed by atoms with E-state index in [4.69, 9.17) is 0 Å². The van der Waals surface area contributed by atoms with Crippen molar-refractivity contribution < 1.29 is 14.7 Å². The summed E-state index contributed by atoms with van der Waals surface area (Å²) < 4.78 is 0. The molecule has 1 saturated carbocycles. The number of carbonyl (C=O) groups is 2. The van der Waals surface area contributed by atoms with Gasteiger partial charge in [0.25, 0.3) is 0 Å². The van der Waals surface area contributed by atoms with E-state index in [9.17, 15) is 14.7 Å². The first-order chi connectivity index (χ1) is 11.4. The topological polar surface area (TPSA) is 57.6 Å². The molecule has 1 amide bonds. The van der Waals surface area contributed by atoms with Crippen LogP contribution >= 0.6 is 0 Å². The number of benzene rings is 1. The molecule has 3 rings (SSSR count). The SMILES string of the molecule is CC(C)c1ccc(C2CC2C(=O)N2CCC[C@H](C(=O)O)[C@@H]2C)cc1. The van der Waals surface area contributed by atoms with Crippen LogP contribution in [0.25, 0.3) is 0 Å². The van der Waals surface area contributed by atoms with Crippen molar-refractivity contribution in [3.8, 4) is 0 Å². The van der Waals surface area contributed by atoms with Gasteiger partial charge in [-0.25, -0.2) is 0 Å². The highest BCUT2D eigenvalue weighted by Crippen LogP contribution is 2.49. The third kappa shape index (κ3) is 3.19. The fourth-order valence-electron chi connectivity index (χ4n) is 3.96. The fraction of sp³-hybridized carbons (Fsp3) is 0.600. The van der Waals surface area contributed by atoms with E-state index < -0.39 is 11.9 Å². The van der Waals surface area contributed by atoms with E-state index >= 15 is 0 Å². The number of amides is 1. The van der Waals surface area contributed by atoms with E-state index in [1.54, 1.807) is 0 Å². The number of nitrogens with zero attached hydrogens (tertiary/aromatic N) is 1. The zero-order chi connectivity index (χ0) is 17.4. The summed E-state index contributed by atoms with van der Waals surface area (Å²) in [6.07, 6.45) is 2.35. The van der Waals surface area contributed by atoms with Gasteiger partial charge in [0.15, 0.2) is 0 Å². The molecular weight excluding hydrogens is 302 g/mol. The molecule has 1 aliphatic carbocycles. The Morgan fingerprint density at radius 1 is 1.17 bits per heavy atom. The lowest BCUT2D eigenvalue weighted by Gasteiger charge is -2.37. The molecule has 4 nitrogen and oxygen atoms in total. The molecule has 1 heterocycles. The maximum atomic E-state index is 12.8. The van der Waals surface area contributed by atoms with Crippen LogP contribution in [0.2, 0.25) is 0 Å². The molecule has 0 bridgehead atoms. The molecule has 0 radical (unpaired) electrons. The Hall–Kier alpha value is -1.84. The summed E-state index contributed by atoms with van der Waals surface area (Å²) in [5, 5.41) is 9.33. The zero-order valence-electron chi connectivity index (χ0n) is 14.7. The normalized spacial score (nSPS) is 29.6. The molecule has 0 aromatic heterocycles. The van der Waals surface area contributed by atoms with Gasteiger partial charge in [-0.3, -0.25) is 9.59 Å². The largest absolute Gasteiger partial charge is 0.481 e. The smallest absolute Gasteiger partial charge is 0.308 e. The van der Waals surface area contributed by atoms with Crippen LogP contribution in [0.1, 0.15) is 63.0 Å². The number of aliphatic carboxylic acids is 1. The monoisotopic (exact) mass is 329 g/mol. The number of carbonyl (C=O) groups excluding carboxylic acids is 1. The molecule has 1 saturated heterocycles. The number of rotatable bonds is 4. The van der Waals surface area contributed by atoms with Gasteiger partial charge in [0, 0.05) is 18.5 Å². The lowest BCUT2D eigenvalue weighted by molar-refractivity contribution is -0.149. The summed E-state index contributed by atoms with van der Waals surface area (Å²) in [7, 11) is 0. The Labute approximate surface area is 143 Å². The zero-order valence-corrected chi connectivity index (χ0v) is 14.7. The van der Waals surface area contributed by atoms with Crippen LogP contribution in [0.15, 0.2) is 24.3 Å². The second-order valence-electron chi connectivity index (χ2n) is 7.63. The molecule has 2 aliphatic rings. The number of carboxylic acid groups (broad SMARTS) is 1. The Morgan fingerprint density at radius 3 is 2.42 bits per heavy atom. The maximum absolute atomic E-state index is 12.8. The number of likely N-dealkylation sites (tertiary alicyclic amines) is 1. The average Bonchev–Trinajstić information content (AvgIpc) is 3.35. The van der Waals surface area contributed by atoms with Gasteiger partial charge in [0.2, 0.25) is 5.91 Å². The van der Waals surface area contributed by atoms with Crippen LogP contribution in [0.4, 0.5) is 0 Å². The second-order valence-corrected chi connectivity index (χ2v) is 7.63. The minimum atomic E-state index is -0.781.